The number of nitrogens with zero attached hydrogens (tertiary/aromatic N) is 3. The summed E-state index contributed by atoms with van der Waals surface area (Å²) >= 11 is 0. The molecule has 0 atom stereocenters. The molecule has 1 aliphatic heterocycles. The van der Waals surface area contributed by atoms with Crippen molar-refractivity contribution in [3.63, 3.8) is 0 Å². The van der Waals surface area contributed by atoms with Crippen LogP contribution in [0.2, 0.25) is 0 Å². The molecular weight excluding hydrogens is 474 g/mol. The molecule has 4 N–H and O–H groups in total. The van der Waals surface area contributed by atoms with Crippen molar-refractivity contribution in [1.82, 2.24) is 14.9 Å². The molecule has 3 aromatic rings. The highest BCUT2D eigenvalue weighted by Gasteiger charge is 2.10. The first-order chi connectivity index (χ1) is 18.5. The first-order valence-electron chi connectivity index (χ1n) is 14.1. The van der Waals surface area contributed by atoms with E-state index in [4.69, 9.17) is 20.6 Å². The van der Waals surface area contributed by atoms with Crippen LogP contribution in [0.3, 0.4) is 0 Å². The maximum atomic E-state index is 8.36. The number of fused-ring (bicyclic) bond motifs is 1. The maximum Gasteiger partial charge on any atom is 0.290 e. The van der Waals surface area contributed by atoms with E-state index in [1.54, 1.807) is 0 Å². The standard InChI is InChI=1S/C25H32N4.C3H9N.C2H6.CH2O2/c1-2-7-20-8-10-21(11-9-20)24-18-25(22-19-26-14-12-23(22)28-24)27-13-6-17-29-15-4-3-5-16-29;1-3(2)4;1-2;2-1-3/h8-12,14,18-19H,2-7,13,15-17H2,1H3,(H,27,28);3H,4H2,1-2H3;1-2H3;1H,(H,2,3). The molecule has 2 aromatic heterocycles. The highest BCUT2D eigenvalue weighted by Crippen LogP contribution is 2.28. The number of aryl methyl sites for hydroxylation is 1. The van der Waals surface area contributed by atoms with Crippen molar-refractivity contribution in [3.05, 3.63) is 54.4 Å². The van der Waals surface area contributed by atoms with Crippen molar-refractivity contribution in [2.45, 2.75) is 79.2 Å². The van der Waals surface area contributed by atoms with Gasteiger partial charge in [-0.15, -0.1) is 0 Å². The lowest BCUT2D eigenvalue weighted by atomic mass is 10.0. The van der Waals surface area contributed by atoms with Crippen LogP contribution in [0.1, 0.15) is 72.3 Å². The van der Waals surface area contributed by atoms with E-state index in [1.165, 1.54) is 56.4 Å². The van der Waals surface area contributed by atoms with Gasteiger partial charge < -0.3 is 21.1 Å². The predicted molar refractivity (Wildman–Crippen MR) is 162 cm³/mol. The van der Waals surface area contributed by atoms with E-state index in [0.29, 0.717) is 6.04 Å². The van der Waals surface area contributed by atoms with Gasteiger partial charge in [0.1, 0.15) is 0 Å². The number of hydrogen-bond donors (Lipinski definition) is 3. The summed E-state index contributed by atoms with van der Waals surface area (Å²) < 4.78 is 0. The van der Waals surface area contributed by atoms with Gasteiger partial charge in [-0.1, -0.05) is 71.7 Å². The zero-order chi connectivity index (χ0) is 28.2. The monoisotopic (exact) mass is 523 g/mol. The number of benzene rings is 1. The maximum absolute atomic E-state index is 8.36. The Morgan fingerprint density at radius 2 is 1.74 bits per heavy atom. The lowest BCUT2D eigenvalue weighted by Gasteiger charge is -2.26. The number of likely N-dealkylation sites (tertiary alicyclic amines) is 1. The number of pyridine rings is 2. The number of nitrogens with one attached hydrogen (secondary N) is 1. The van der Waals surface area contributed by atoms with Crippen LogP contribution in [0, 0.1) is 0 Å². The van der Waals surface area contributed by atoms with Gasteiger partial charge in [0.2, 0.25) is 0 Å². The van der Waals surface area contributed by atoms with E-state index < -0.39 is 0 Å². The Balaban J connectivity index is 0.000000708. The summed E-state index contributed by atoms with van der Waals surface area (Å²) in [5.74, 6) is 0. The number of anilines is 1. The second-order valence-corrected chi connectivity index (χ2v) is 9.43. The summed E-state index contributed by atoms with van der Waals surface area (Å²) in [7, 11) is 0. The van der Waals surface area contributed by atoms with Crippen molar-refractivity contribution < 1.29 is 9.90 Å². The van der Waals surface area contributed by atoms with Crippen molar-refractivity contribution in [2.24, 2.45) is 5.73 Å². The average Bonchev–Trinajstić information content (AvgIpc) is 2.93. The van der Waals surface area contributed by atoms with Crippen molar-refractivity contribution in [2.75, 3.05) is 31.5 Å². The van der Waals surface area contributed by atoms with Gasteiger partial charge >= 0.3 is 0 Å². The Labute approximate surface area is 229 Å². The molecule has 0 unspecified atom stereocenters. The number of carboxylic acid groups (broad SMARTS) is 1. The van der Waals surface area contributed by atoms with Crippen LogP contribution >= 0.6 is 0 Å². The lowest BCUT2D eigenvalue weighted by molar-refractivity contribution is -0.122. The predicted octanol–water partition coefficient (Wildman–Crippen LogP) is 6.62. The molecule has 38 heavy (non-hydrogen) atoms. The van der Waals surface area contributed by atoms with E-state index in [9.17, 15) is 0 Å². The molecule has 3 heterocycles. The van der Waals surface area contributed by atoms with Crippen LogP contribution in [-0.2, 0) is 11.2 Å². The fourth-order valence-electron chi connectivity index (χ4n) is 4.20. The largest absolute Gasteiger partial charge is 0.483 e. The lowest BCUT2D eigenvalue weighted by Crippen LogP contribution is -2.31. The molecule has 4 rings (SSSR count). The molecule has 1 aliphatic rings. The SMILES string of the molecule is CC.CC(C)N.CCCc1ccc(-c2cc(NCCCN3CCCCC3)c3cnccc3n2)cc1.O=CO. The molecule has 0 radical (unpaired) electrons. The Bertz CT molecular complexity index is 1020. The van der Waals surface area contributed by atoms with E-state index >= 15 is 0 Å². The zero-order valence-corrected chi connectivity index (χ0v) is 24.1. The van der Waals surface area contributed by atoms with Gasteiger partial charge in [-0.2, -0.15) is 0 Å². The third kappa shape index (κ3) is 12.5. The molecule has 7 heteroatoms. The number of rotatable bonds is 8. The molecule has 0 aliphatic carbocycles. The Kier molecular flexibility index (Phi) is 17.4. The van der Waals surface area contributed by atoms with Crippen LogP contribution in [0.5, 0.6) is 0 Å². The van der Waals surface area contributed by atoms with E-state index in [0.717, 1.165) is 41.7 Å². The normalized spacial score (nSPS) is 12.8. The molecule has 1 saturated heterocycles. The molecule has 7 nitrogen and oxygen atoms in total. The number of aromatic nitrogens is 2. The van der Waals surface area contributed by atoms with Gasteiger partial charge in [0, 0.05) is 35.6 Å². The number of nitrogens with two attached hydrogens (primary N) is 1. The molecule has 1 fully saturated rings. The minimum absolute atomic E-state index is 0.250. The summed E-state index contributed by atoms with van der Waals surface area (Å²) in [4.78, 5) is 20.2. The highest BCUT2D eigenvalue weighted by atomic mass is 16.3. The number of piperidine rings is 1. The van der Waals surface area contributed by atoms with Crippen molar-refractivity contribution >= 4 is 23.1 Å². The van der Waals surface area contributed by atoms with Gasteiger partial charge in [0.25, 0.3) is 6.47 Å². The minimum atomic E-state index is -0.250. The Morgan fingerprint density at radius 1 is 1.11 bits per heavy atom. The first-order valence-corrected chi connectivity index (χ1v) is 14.1. The summed E-state index contributed by atoms with van der Waals surface area (Å²) in [5.41, 5.74) is 10.8. The van der Waals surface area contributed by atoms with E-state index in [1.807, 2.05) is 46.2 Å². The van der Waals surface area contributed by atoms with E-state index in [2.05, 4.69) is 52.5 Å². The third-order valence-electron chi connectivity index (χ3n) is 5.81. The van der Waals surface area contributed by atoms with Gasteiger partial charge in [0.05, 0.1) is 11.2 Å². The zero-order valence-electron chi connectivity index (χ0n) is 24.1. The first kappa shape index (κ1) is 33.0. The van der Waals surface area contributed by atoms with Crippen LogP contribution in [0.25, 0.3) is 22.2 Å². The third-order valence-corrected chi connectivity index (χ3v) is 5.81. The molecule has 0 amide bonds. The van der Waals surface area contributed by atoms with Crippen molar-refractivity contribution in [1.29, 1.82) is 0 Å². The van der Waals surface area contributed by atoms with Gasteiger partial charge in [-0.3, -0.25) is 9.78 Å². The van der Waals surface area contributed by atoms with Crippen LogP contribution in [-0.4, -0.2) is 58.7 Å². The second kappa shape index (κ2) is 20.0. The summed E-state index contributed by atoms with van der Waals surface area (Å²) in [6.07, 6.45) is 11.3. The smallest absolute Gasteiger partial charge is 0.290 e. The molecule has 0 bridgehead atoms. The summed E-state index contributed by atoms with van der Waals surface area (Å²) in [6, 6.07) is 13.4. The molecular formula is C31H49N5O2. The fraction of sp³-hybridized carbons (Fsp3) is 0.516. The van der Waals surface area contributed by atoms with E-state index in [-0.39, 0.29) is 6.47 Å². The Morgan fingerprint density at radius 3 is 2.34 bits per heavy atom. The second-order valence-electron chi connectivity index (χ2n) is 9.43. The van der Waals surface area contributed by atoms with Crippen LogP contribution in [0.4, 0.5) is 5.69 Å². The van der Waals surface area contributed by atoms with Gasteiger partial charge in [0.15, 0.2) is 0 Å². The molecule has 0 saturated carbocycles. The quantitative estimate of drug-likeness (QED) is 0.225. The minimum Gasteiger partial charge on any atom is -0.483 e. The Hall–Kier alpha value is -3.03. The molecule has 1 aromatic carbocycles. The topological polar surface area (TPSA) is 104 Å². The average molecular weight is 524 g/mol. The molecule has 210 valence electrons. The fourth-order valence-corrected chi connectivity index (χ4v) is 4.20. The summed E-state index contributed by atoms with van der Waals surface area (Å²) in [5, 5.41) is 11.6. The van der Waals surface area contributed by atoms with Crippen LogP contribution in [0.15, 0.2) is 48.8 Å². The highest BCUT2D eigenvalue weighted by molar-refractivity contribution is 5.93. The summed E-state index contributed by atoms with van der Waals surface area (Å²) in [6.45, 7) is 14.5. The van der Waals surface area contributed by atoms with Gasteiger partial charge in [-0.25, -0.2) is 4.98 Å². The van der Waals surface area contributed by atoms with Gasteiger partial charge in [-0.05, 0) is 69.1 Å². The number of carbonyl (C=O) groups is 1. The molecule has 0 spiro atoms. The van der Waals surface area contributed by atoms with Crippen LogP contribution < -0.4 is 11.1 Å². The number of hydrogen-bond acceptors (Lipinski definition) is 6. The van der Waals surface area contributed by atoms with Crippen molar-refractivity contribution in [3.8, 4) is 11.3 Å².